The Bertz CT molecular complexity index is 506. The Labute approximate surface area is 108 Å². The van der Waals surface area contributed by atoms with Crippen LogP contribution in [0, 0.1) is 10.1 Å². The van der Waals surface area contributed by atoms with Crippen molar-refractivity contribution >= 4 is 23.2 Å². The molecule has 1 N–H and O–H groups in total. The number of β-amino-alcohol motifs (C(OH)–C–C–N with tert-alkyl or cyclic N) is 1. The van der Waals surface area contributed by atoms with E-state index in [2.05, 4.69) is 0 Å². The molecule has 1 fully saturated rings. The number of hydrogen-bond donors (Lipinski definition) is 1. The van der Waals surface area contributed by atoms with Crippen molar-refractivity contribution in [1.82, 2.24) is 4.90 Å². The molecular weight excluding hydrogens is 260 g/mol. The van der Waals surface area contributed by atoms with Crippen molar-refractivity contribution < 1.29 is 14.8 Å². The second-order valence-corrected chi connectivity index (χ2v) is 4.49. The number of nitrogens with zero attached hydrogens (tertiary/aromatic N) is 2. The molecule has 7 heteroatoms. The Kier molecular flexibility index (Phi) is 3.49. The highest BCUT2D eigenvalue weighted by Crippen LogP contribution is 2.29. The van der Waals surface area contributed by atoms with Gasteiger partial charge in [-0.3, -0.25) is 14.9 Å². The largest absolute Gasteiger partial charge is 0.391 e. The normalized spacial score (nSPS) is 19.0. The molecule has 6 nitrogen and oxygen atoms in total. The fourth-order valence-electron chi connectivity index (χ4n) is 1.97. The molecule has 0 saturated carbocycles. The molecule has 96 valence electrons. The monoisotopic (exact) mass is 270 g/mol. The Morgan fingerprint density at radius 3 is 2.83 bits per heavy atom. The molecule has 1 aromatic carbocycles. The molecule has 1 saturated heterocycles. The molecule has 0 unspecified atom stereocenters. The van der Waals surface area contributed by atoms with Crippen molar-refractivity contribution in [1.29, 1.82) is 0 Å². The van der Waals surface area contributed by atoms with Crippen LogP contribution < -0.4 is 0 Å². The fourth-order valence-corrected chi connectivity index (χ4v) is 2.21. The number of para-hydroxylation sites is 1. The molecule has 0 spiro atoms. The maximum absolute atomic E-state index is 12.1. The van der Waals surface area contributed by atoms with E-state index in [9.17, 15) is 20.0 Å². The lowest BCUT2D eigenvalue weighted by atomic mass is 10.1. The average molecular weight is 271 g/mol. The predicted molar refractivity (Wildman–Crippen MR) is 64.6 cm³/mol. The van der Waals surface area contributed by atoms with E-state index in [1.807, 2.05) is 0 Å². The first-order chi connectivity index (χ1) is 8.50. The molecule has 1 aliphatic heterocycles. The van der Waals surface area contributed by atoms with Gasteiger partial charge in [-0.25, -0.2) is 0 Å². The zero-order valence-electron chi connectivity index (χ0n) is 9.38. The Hall–Kier alpha value is -1.66. The maximum atomic E-state index is 12.1. The van der Waals surface area contributed by atoms with E-state index in [1.54, 1.807) is 0 Å². The summed E-state index contributed by atoms with van der Waals surface area (Å²) >= 11 is 5.74. The first kappa shape index (κ1) is 12.8. The summed E-state index contributed by atoms with van der Waals surface area (Å²) in [6, 6.07) is 4.24. The van der Waals surface area contributed by atoms with Crippen LogP contribution in [0.5, 0.6) is 0 Å². The van der Waals surface area contributed by atoms with Crippen LogP contribution in [0.4, 0.5) is 5.69 Å². The second kappa shape index (κ2) is 4.91. The van der Waals surface area contributed by atoms with Gasteiger partial charge in [-0.05, 0) is 18.6 Å². The quantitative estimate of drug-likeness (QED) is 0.651. The highest BCUT2D eigenvalue weighted by atomic mass is 35.5. The van der Waals surface area contributed by atoms with Gasteiger partial charge in [0.05, 0.1) is 11.0 Å². The Balaban J connectivity index is 2.36. The van der Waals surface area contributed by atoms with Crippen LogP contribution in [-0.4, -0.2) is 40.0 Å². The highest BCUT2D eigenvalue weighted by molar-refractivity contribution is 6.33. The third kappa shape index (κ3) is 2.30. The van der Waals surface area contributed by atoms with Crippen molar-refractivity contribution in [3.63, 3.8) is 0 Å². The molecule has 1 aliphatic rings. The van der Waals surface area contributed by atoms with Crippen LogP contribution in [-0.2, 0) is 0 Å². The zero-order valence-corrected chi connectivity index (χ0v) is 10.1. The molecule has 0 radical (unpaired) electrons. The predicted octanol–water partition coefficient (Wildman–Crippen LogP) is 1.46. The number of benzene rings is 1. The Morgan fingerprint density at radius 1 is 1.56 bits per heavy atom. The van der Waals surface area contributed by atoms with E-state index >= 15 is 0 Å². The van der Waals surface area contributed by atoms with E-state index in [-0.39, 0.29) is 22.8 Å². The number of carbonyl (C=O) groups excluding carboxylic acids is 1. The number of carbonyl (C=O) groups is 1. The molecule has 0 aliphatic carbocycles. The zero-order chi connectivity index (χ0) is 13.3. The molecule has 18 heavy (non-hydrogen) atoms. The van der Waals surface area contributed by atoms with Crippen LogP contribution in [0.25, 0.3) is 0 Å². The summed E-state index contributed by atoms with van der Waals surface area (Å²) in [6.45, 7) is 0.589. The second-order valence-electron chi connectivity index (χ2n) is 4.09. The average Bonchev–Trinajstić information content (AvgIpc) is 2.74. The van der Waals surface area contributed by atoms with Crippen molar-refractivity contribution in [2.75, 3.05) is 13.1 Å². The van der Waals surface area contributed by atoms with Crippen molar-refractivity contribution in [2.45, 2.75) is 12.5 Å². The third-order valence-electron chi connectivity index (χ3n) is 2.85. The van der Waals surface area contributed by atoms with E-state index in [0.29, 0.717) is 13.0 Å². The summed E-state index contributed by atoms with van der Waals surface area (Å²) in [5.74, 6) is -0.472. The summed E-state index contributed by atoms with van der Waals surface area (Å²) < 4.78 is 0. The minimum atomic E-state index is -0.665. The van der Waals surface area contributed by atoms with Crippen LogP contribution in [0.1, 0.15) is 16.8 Å². The van der Waals surface area contributed by atoms with E-state index in [1.165, 1.54) is 23.1 Å². The molecule has 1 atom stereocenters. The Morgan fingerprint density at radius 2 is 2.28 bits per heavy atom. The summed E-state index contributed by atoms with van der Waals surface area (Å²) in [7, 11) is 0. The topological polar surface area (TPSA) is 83.7 Å². The van der Waals surface area contributed by atoms with Gasteiger partial charge in [-0.1, -0.05) is 17.7 Å². The van der Waals surface area contributed by atoms with E-state index in [4.69, 9.17) is 11.6 Å². The van der Waals surface area contributed by atoms with Crippen LogP contribution in [0.3, 0.4) is 0 Å². The van der Waals surface area contributed by atoms with Crippen LogP contribution in [0.2, 0.25) is 5.02 Å². The van der Waals surface area contributed by atoms with Gasteiger partial charge >= 0.3 is 5.69 Å². The van der Waals surface area contributed by atoms with Crippen molar-refractivity contribution in [3.8, 4) is 0 Å². The lowest BCUT2D eigenvalue weighted by Gasteiger charge is -2.15. The minimum absolute atomic E-state index is 0.0402. The lowest BCUT2D eigenvalue weighted by Crippen LogP contribution is -2.30. The molecule has 0 aromatic heterocycles. The summed E-state index contributed by atoms with van der Waals surface area (Å²) in [4.78, 5) is 23.8. The van der Waals surface area contributed by atoms with Crippen LogP contribution in [0.15, 0.2) is 18.2 Å². The number of nitro groups is 1. The van der Waals surface area contributed by atoms with Crippen molar-refractivity contribution in [3.05, 3.63) is 38.9 Å². The fraction of sp³-hybridized carbons (Fsp3) is 0.364. The number of aliphatic hydroxyl groups is 1. The molecular formula is C11H11ClN2O4. The number of amides is 1. The molecule has 1 aromatic rings. The molecule has 1 amide bonds. The van der Waals surface area contributed by atoms with Crippen molar-refractivity contribution in [2.24, 2.45) is 0 Å². The van der Waals surface area contributed by atoms with Gasteiger partial charge in [-0.15, -0.1) is 0 Å². The van der Waals surface area contributed by atoms with Gasteiger partial charge < -0.3 is 10.0 Å². The third-order valence-corrected chi connectivity index (χ3v) is 3.16. The van der Waals surface area contributed by atoms with Gasteiger partial charge in [0.15, 0.2) is 0 Å². The standard InChI is InChI=1S/C11H11ClN2O4/c12-9-3-1-2-8(10(9)14(17)18)11(16)13-5-4-7(15)6-13/h1-3,7,15H,4-6H2/t7-/m0/s1. The van der Waals surface area contributed by atoms with Gasteiger partial charge in [0.1, 0.15) is 10.6 Å². The minimum Gasteiger partial charge on any atom is -0.391 e. The lowest BCUT2D eigenvalue weighted by molar-refractivity contribution is -0.385. The van der Waals surface area contributed by atoms with Crippen LogP contribution >= 0.6 is 11.6 Å². The number of aliphatic hydroxyl groups excluding tert-OH is 1. The van der Waals surface area contributed by atoms with Gasteiger partial charge in [0.25, 0.3) is 5.91 Å². The molecule has 2 rings (SSSR count). The number of halogens is 1. The van der Waals surface area contributed by atoms with E-state index in [0.717, 1.165) is 0 Å². The van der Waals surface area contributed by atoms with E-state index < -0.39 is 16.9 Å². The summed E-state index contributed by atoms with van der Waals surface area (Å²) in [5, 5.41) is 20.2. The first-order valence-corrected chi connectivity index (χ1v) is 5.78. The maximum Gasteiger partial charge on any atom is 0.300 e. The summed E-state index contributed by atoms with van der Waals surface area (Å²) in [6.07, 6.45) is -0.0766. The number of hydrogen-bond acceptors (Lipinski definition) is 4. The number of rotatable bonds is 2. The smallest absolute Gasteiger partial charge is 0.300 e. The van der Waals surface area contributed by atoms with Gasteiger partial charge in [0, 0.05) is 13.1 Å². The summed E-state index contributed by atoms with van der Waals surface area (Å²) in [5.41, 5.74) is -0.424. The SMILES string of the molecule is O=C(c1cccc(Cl)c1[N+](=O)[O-])N1CC[C@H](O)C1. The first-order valence-electron chi connectivity index (χ1n) is 5.41. The molecule has 0 bridgehead atoms. The van der Waals surface area contributed by atoms with Gasteiger partial charge in [-0.2, -0.15) is 0 Å². The van der Waals surface area contributed by atoms with Gasteiger partial charge in [0.2, 0.25) is 0 Å². The number of likely N-dealkylation sites (tertiary alicyclic amines) is 1. The highest BCUT2D eigenvalue weighted by Gasteiger charge is 2.31. The number of nitro benzene ring substituents is 1. The molecule has 1 heterocycles.